The van der Waals surface area contributed by atoms with Gasteiger partial charge in [-0.3, -0.25) is 4.79 Å². The number of benzene rings is 1. The zero-order valence-corrected chi connectivity index (χ0v) is 15.1. The van der Waals surface area contributed by atoms with Crippen LogP contribution in [0.5, 0.6) is 11.5 Å². The highest BCUT2D eigenvalue weighted by Crippen LogP contribution is 2.23. The molecule has 0 fully saturated rings. The second-order valence-corrected chi connectivity index (χ2v) is 5.83. The number of thioether (sulfide) groups is 1. The van der Waals surface area contributed by atoms with Crippen molar-refractivity contribution in [3.8, 4) is 11.5 Å². The molecule has 0 heterocycles. The molecule has 0 bridgehead atoms. The van der Waals surface area contributed by atoms with Gasteiger partial charge in [0.2, 0.25) is 5.91 Å². The van der Waals surface area contributed by atoms with Gasteiger partial charge in [0.25, 0.3) is 0 Å². The van der Waals surface area contributed by atoms with E-state index in [2.05, 4.69) is 5.32 Å². The Morgan fingerprint density at radius 2 is 1.79 bits per heavy atom. The Morgan fingerprint density at radius 3 is 2.29 bits per heavy atom. The van der Waals surface area contributed by atoms with Gasteiger partial charge in [0.05, 0.1) is 21.3 Å². The van der Waals surface area contributed by atoms with E-state index >= 15 is 0 Å². The second kappa shape index (κ2) is 10.6. The summed E-state index contributed by atoms with van der Waals surface area (Å²) in [6.07, 6.45) is 5.44. The quantitative estimate of drug-likeness (QED) is 0.541. The Balaban J connectivity index is 2.78. The summed E-state index contributed by atoms with van der Waals surface area (Å²) in [5.41, 5.74) is 0.750. The molecule has 24 heavy (non-hydrogen) atoms. The summed E-state index contributed by atoms with van der Waals surface area (Å²) in [6, 6.07) is 4.64. The molecule has 0 radical (unpaired) electrons. The normalized spacial score (nSPS) is 11.8. The fourth-order valence-electron chi connectivity index (χ4n) is 1.94. The van der Waals surface area contributed by atoms with Crippen molar-refractivity contribution in [1.82, 2.24) is 5.32 Å². The topological polar surface area (TPSA) is 73.9 Å². The average molecular weight is 353 g/mol. The Hall–Kier alpha value is -2.15. The predicted molar refractivity (Wildman–Crippen MR) is 95.5 cm³/mol. The molecule has 0 aliphatic rings. The number of carbonyl (C=O) groups is 2. The van der Waals surface area contributed by atoms with Crippen molar-refractivity contribution in [2.24, 2.45) is 0 Å². The first-order chi connectivity index (χ1) is 11.5. The number of hydrogen-bond donors (Lipinski definition) is 1. The van der Waals surface area contributed by atoms with Crippen LogP contribution in [-0.2, 0) is 14.3 Å². The molecule has 0 aliphatic carbocycles. The average Bonchev–Trinajstić information content (AvgIpc) is 2.62. The lowest BCUT2D eigenvalue weighted by atomic mass is 10.1. The molecular formula is C17H23NO5S. The van der Waals surface area contributed by atoms with Crippen LogP contribution in [0.1, 0.15) is 12.0 Å². The summed E-state index contributed by atoms with van der Waals surface area (Å²) in [7, 11) is 4.42. The molecule has 1 N–H and O–H groups in total. The minimum Gasteiger partial charge on any atom is -0.497 e. The molecule has 1 aromatic carbocycles. The number of hydrogen-bond acceptors (Lipinski definition) is 6. The smallest absolute Gasteiger partial charge is 0.328 e. The number of esters is 1. The molecule has 1 rings (SSSR count). The van der Waals surface area contributed by atoms with E-state index in [1.165, 1.54) is 13.2 Å². The van der Waals surface area contributed by atoms with Gasteiger partial charge in [-0.1, -0.05) is 0 Å². The predicted octanol–water partition coefficient (Wildman–Crippen LogP) is 2.13. The van der Waals surface area contributed by atoms with E-state index in [-0.39, 0.29) is 5.91 Å². The molecule has 1 atom stereocenters. The summed E-state index contributed by atoms with van der Waals surface area (Å²) < 4.78 is 15.1. The summed E-state index contributed by atoms with van der Waals surface area (Å²) in [4.78, 5) is 23.7. The van der Waals surface area contributed by atoms with Gasteiger partial charge < -0.3 is 19.5 Å². The lowest BCUT2D eigenvalue weighted by Crippen LogP contribution is -2.41. The van der Waals surface area contributed by atoms with Gasteiger partial charge in [0, 0.05) is 12.1 Å². The Kier molecular flexibility index (Phi) is 8.78. The third kappa shape index (κ3) is 6.54. The molecule has 132 valence electrons. The summed E-state index contributed by atoms with van der Waals surface area (Å²) in [5.74, 6) is 1.18. The highest BCUT2D eigenvalue weighted by Gasteiger charge is 2.19. The van der Waals surface area contributed by atoms with E-state index < -0.39 is 12.0 Å². The third-order valence-electron chi connectivity index (χ3n) is 3.21. The second-order valence-electron chi connectivity index (χ2n) is 4.85. The number of rotatable bonds is 9. The molecule has 0 aromatic heterocycles. The lowest BCUT2D eigenvalue weighted by molar-refractivity contribution is -0.144. The minimum absolute atomic E-state index is 0.367. The molecule has 0 unspecified atom stereocenters. The van der Waals surface area contributed by atoms with Gasteiger partial charge in [0.1, 0.15) is 17.5 Å². The fourth-order valence-corrected chi connectivity index (χ4v) is 2.42. The van der Waals surface area contributed by atoms with E-state index in [1.54, 1.807) is 50.3 Å². The number of nitrogens with one attached hydrogen (secondary N) is 1. The van der Waals surface area contributed by atoms with Crippen LogP contribution in [0.25, 0.3) is 6.08 Å². The molecule has 1 aromatic rings. The van der Waals surface area contributed by atoms with Crippen molar-refractivity contribution < 1.29 is 23.8 Å². The molecule has 1 amide bonds. The van der Waals surface area contributed by atoms with Crippen molar-refractivity contribution >= 4 is 29.7 Å². The maximum Gasteiger partial charge on any atom is 0.328 e. The molecular weight excluding hydrogens is 330 g/mol. The Bertz CT molecular complexity index is 566. The molecule has 0 aliphatic heterocycles. The van der Waals surface area contributed by atoms with E-state index in [9.17, 15) is 9.59 Å². The van der Waals surface area contributed by atoms with Crippen molar-refractivity contribution in [2.75, 3.05) is 33.3 Å². The monoisotopic (exact) mass is 353 g/mol. The van der Waals surface area contributed by atoms with Gasteiger partial charge in [-0.05, 0) is 42.2 Å². The molecule has 7 heteroatoms. The number of amides is 1. The van der Waals surface area contributed by atoms with Gasteiger partial charge in [-0.15, -0.1) is 0 Å². The Labute approximate surface area is 146 Å². The summed E-state index contributed by atoms with van der Waals surface area (Å²) >= 11 is 1.60. The summed E-state index contributed by atoms with van der Waals surface area (Å²) in [5, 5.41) is 2.65. The Morgan fingerprint density at radius 1 is 1.17 bits per heavy atom. The highest BCUT2D eigenvalue weighted by molar-refractivity contribution is 7.98. The van der Waals surface area contributed by atoms with E-state index in [0.29, 0.717) is 17.9 Å². The van der Waals surface area contributed by atoms with Crippen LogP contribution in [-0.4, -0.2) is 51.3 Å². The van der Waals surface area contributed by atoms with Crippen LogP contribution in [0, 0.1) is 0 Å². The van der Waals surface area contributed by atoms with Crippen LogP contribution >= 0.6 is 11.8 Å². The van der Waals surface area contributed by atoms with Crippen LogP contribution in [0.15, 0.2) is 24.3 Å². The van der Waals surface area contributed by atoms with Gasteiger partial charge in [-0.2, -0.15) is 11.8 Å². The lowest BCUT2D eigenvalue weighted by Gasteiger charge is -2.14. The number of ether oxygens (including phenoxy) is 3. The van der Waals surface area contributed by atoms with Crippen molar-refractivity contribution in [3.63, 3.8) is 0 Å². The van der Waals surface area contributed by atoms with Crippen molar-refractivity contribution in [1.29, 1.82) is 0 Å². The fraction of sp³-hybridized carbons (Fsp3) is 0.412. The van der Waals surface area contributed by atoms with Crippen LogP contribution in [0.4, 0.5) is 0 Å². The van der Waals surface area contributed by atoms with Gasteiger partial charge in [0.15, 0.2) is 0 Å². The first-order valence-electron chi connectivity index (χ1n) is 7.32. The van der Waals surface area contributed by atoms with Crippen molar-refractivity contribution in [2.45, 2.75) is 12.5 Å². The molecule has 0 saturated heterocycles. The van der Waals surface area contributed by atoms with Crippen molar-refractivity contribution in [3.05, 3.63) is 29.8 Å². The number of methoxy groups -OCH3 is 3. The first kappa shape index (κ1) is 19.9. The molecule has 6 nitrogen and oxygen atoms in total. The standard InChI is InChI=1S/C17H23NO5S/c1-21-13-9-12(10-14(11-13)22-2)5-6-16(19)18-15(7-8-24-4)17(20)23-3/h5-6,9-11,15H,7-8H2,1-4H3,(H,18,19)/b6-5+/t15-/m0/s1. The van der Waals surface area contributed by atoms with Gasteiger partial charge in [-0.25, -0.2) is 4.79 Å². The van der Waals surface area contributed by atoms with Gasteiger partial charge >= 0.3 is 5.97 Å². The summed E-state index contributed by atoms with van der Waals surface area (Å²) in [6.45, 7) is 0. The third-order valence-corrected chi connectivity index (χ3v) is 3.86. The van der Waals surface area contributed by atoms with E-state index in [0.717, 1.165) is 11.3 Å². The van der Waals surface area contributed by atoms with Crippen LogP contribution < -0.4 is 14.8 Å². The van der Waals surface area contributed by atoms with E-state index in [1.807, 2.05) is 6.26 Å². The zero-order valence-electron chi connectivity index (χ0n) is 14.3. The maximum atomic E-state index is 12.0. The largest absolute Gasteiger partial charge is 0.497 e. The maximum absolute atomic E-state index is 12.0. The minimum atomic E-state index is -0.653. The number of carbonyl (C=O) groups excluding carboxylic acids is 2. The zero-order chi connectivity index (χ0) is 17.9. The SMILES string of the molecule is COC(=O)[C@H](CCSC)NC(=O)/C=C/c1cc(OC)cc(OC)c1. The molecule has 0 saturated carbocycles. The van der Waals surface area contributed by atoms with Crippen LogP contribution in [0.3, 0.4) is 0 Å². The highest BCUT2D eigenvalue weighted by atomic mass is 32.2. The van der Waals surface area contributed by atoms with E-state index in [4.69, 9.17) is 14.2 Å². The first-order valence-corrected chi connectivity index (χ1v) is 8.71. The molecule has 0 spiro atoms. The van der Waals surface area contributed by atoms with Crippen LogP contribution in [0.2, 0.25) is 0 Å².